The zero-order valence-corrected chi connectivity index (χ0v) is 14.8. The third kappa shape index (κ3) is 2.94. The molecule has 4 nitrogen and oxygen atoms in total. The lowest BCUT2D eigenvalue weighted by Gasteiger charge is -2.24. The third-order valence-corrected chi connectivity index (χ3v) is 6.71. The molecule has 0 amide bonds. The summed E-state index contributed by atoms with van der Waals surface area (Å²) in [5.74, 6) is -0.411. The Kier molecular flexibility index (Phi) is 4.65. The van der Waals surface area contributed by atoms with Gasteiger partial charge in [0.2, 0.25) is 0 Å². The van der Waals surface area contributed by atoms with Gasteiger partial charge in [-0.15, -0.1) is 11.6 Å². The first-order chi connectivity index (χ1) is 11.4. The number of benzene rings is 2. The fraction of sp³-hybridized carbons (Fsp3) is 0.278. The predicted octanol–water partition coefficient (Wildman–Crippen LogP) is 3.69. The summed E-state index contributed by atoms with van der Waals surface area (Å²) in [5.41, 5.74) is 2.21. The second kappa shape index (κ2) is 6.57. The molecule has 0 aromatic heterocycles. The van der Waals surface area contributed by atoms with E-state index in [1.807, 2.05) is 6.92 Å². The van der Waals surface area contributed by atoms with E-state index in [-0.39, 0.29) is 11.4 Å². The van der Waals surface area contributed by atoms with Crippen LogP contribution < -0.4 is 4.31 Å². The van der Waals surface area contributed by atoms with Crippen LogP contribution in [0.3, 0.4) is 0 Å². The largest absolute Gasteiger partial charge is 0.303 e. The molecule has 0 saturated carbocycles. The summed E-state index contributed by atoms with van der Waals surface area (Å²) in [5, 5.41) is -0.531. The van der Waals surface area contributed by atoms with E-state index < -0.39 is 21.3 Å². The zero-order chi connectivity index (χ0) is 17.3. The van der Waals surface area contributed by atoms with Crippen LogP contribution in [0.4, 0.5) is 5.69 Å². The highest BCUT2D eigenvalue weighted by atomic mass is 35.5. The van der Waals surface area contributed by atoms with Gasteiger partial charge in [-0.1, -0.05) is 35.9 Å². The Hall–Kier alpha value is -1.85. The molecule has 0 spiro atoms. The van der Waals surface area contributed by atoms with Crippen molar-refractivity contribution >= 4 is 33.6 Å². The maximum atomic E-state index is 13.1. The number of fused-ring (bicyclic) bond motifs is 1. The molecule has 2 aromatic carbocycles. The first-order valence-electron chi connectivity index (χ1n) is 7.73. The summed E-state index contributed by atoms with van der Waals surface area (Å²) >= 11 is 6.45. The van der Waals surface area contributed by atoms with Crippen molar-refractivity contribution in [3.05, 3.63) is 59.7 Å². The third-order valence-electron chi connectivity index (χ3n) is 4.33. The van der Waals surface area contributed by atoms with E-state index in [2.05, 4.69) is 0 Å². The highest BCUT2D eigenvalue weighted by Gasteiger charge is 2.34. The molecule has 2 aromatic rings. The molecule has 0 radical (unpaired) electrons. The van der Waals surface area contributed by atoms with Crippen LogP contribution in [-0.4, -0.2) is 21.2 Å². The molecular weight excluding hydrogens is 346 g/mol. The van der Waals surface area contributed by atoms with E-state index in [0.717, 1.165) is 11.8 Å². The van der Waals surface area contributed by atoms with Crippen molar-refractivity contribution in [1.82, 2.24) is 0 Å². The van der Waals surface area contributed by atoms with Gasteiger partial charge in [-0.05, 0) is 37.1 Å². The zero-order valence-electron chi connectivity index (χ0n) is 13.2. The normalized spacial score (nSPS) is 21.0. The number of alkyl halides is 1. The van der Waals surface area contributed by atoms with E-state index in [1.165, 1.54) is 4.31 Å². The Morgan fingerprint density at radius 2 is 1.79 bits per heavy atom. The van der Waals surface area contributed by atoms with Crippen molar-refractivity contribution in [2.24, 2.45) is 5.92 Å². The highest BCUT2D eigenvalue weighted by molar-refractivity contribution is 7.92. The van der Waals surface area contributed by atoms with Crippen LogP contribution in [0.1, 0.15) is 22.9 Å². The second-order valence-corrected chi connectivity index (χ2v) is 8.27. The van der Waals surface area contributed by atoms with Crippen LogP contribution in [0.2, 0.25) is 0 Å². The molecule has 0 saturated heterocycles. The number of hydrogen-bond acceptors (Lipinski definition) is 3. The molecule has 3 rings (SSSR count). The lowest BCUT2D eigenvalue weighted by atomic mass is 9.98. The van der Waals surface area contributed by atoms with E-state index in [0.29, 0.717) is 17.7 Å². The quantitative estimate of drug-likeness (QED) is 0.617. The number of halogens is 1. The molecule has 0 N–H and O–H groups in total. The minimum absolute atomic E-state index is 0.222. The first-order valence-corrected chi connectivity index (χ1v) is 9.60. The lowest BCUT2D eigenvalue weighted by molar-refractivity contribution is -0.111. The Morgan fingerprint density at radius 1 is 1.12 bits per heavy atom. The van der Waals surface area contributed by atoms with Gasteiger partial charge in [-0.25, -0.2) is 8.42 Å². The number of aldehydes is 1. The number of aryl methyl sites for hydroxylation is 1. The lowest BCUT2D eigenvalue weighted by Crippen LogP contribution is -2.32. The van der Waals surface area contributed by atoms with Gasteiger partial charge < -0.3 is 4.79 Å². The summed E-state index contributed by atoms with van der Waals surface area (Å²) < 4.78 is 27.6. The molecule has 6 heteroatoms. The summed E-state index contributed by atoms with van der Waals surface area (Å²) in [6.07, 6.45) is 1.20. The van der Waals surface area contributed by atoms with E-state index in [4.69, 9.17) is 11.6 Å². The molecule has 126 valence electrons. The van der Waals surface area contributed by atoms with Crippen LogP contribution in [0.5, 0.6) is 0 Å². The molecule has 0 fully saturated rings. The van der Waals surface area contributed by atoms with Gasteiger partial charge in [0.05, 0.1) is 16.0 Å². The van der Waals surface area contributed by atoms with E-state index in [1.54, 1.807) is 48.5 Å². The maximum absolute atomic E-state index is 13.1. The molecular formula is C18H18ClNO3S. The van der Waals surface area contributed by atoms with Gasteiger partial charge in [0.15, 0.2) is 0 Å². The van der Waals surface area contributed by atoms with Gasteiger partial charge in [0.25, 0.3) is 10.0 Å². The van der Waals surface area contributed by atoms with Gasteiger partial charge >= 0.3 is 0 Å². The Morgan fingerprint density at radius 3 is 2.46 bits per heavy atom. The van der Waals surface area contributed by atoms with Crippen molar-refractivity contribution in [2.75, 3.05) is 10.8 Å². The number of carbonyl (C=O) groups is 1. The average Bonchev–Trinajstić information content (AvgIpc) is 2.72. The average molecular weight is 364 g/mol. The number of rotatable bonds is 3. The van der Waals surface area contributed by atoms with Gasteiger partial charge in [-0.3, -0.25) is 4.31 Å². The Balaban J connectivity index is 2.12. The summed E-state index contributed by atoms with van der Waals surface area (Å²) in [6, 6.07) is 13.9. The van der Waals surface area contributed by atoms with Gasteiger partial charge in [0, 0.05) is 12.5 Å². The molecule has 24 heavy (non-hydrogen) atoms. The monoisotopic (exact) mass is 363 g/mol. The standard InChI is InChI=1S/C18H18ClNO3S/c1-13-6-8-15(9-7-13)24(22,23)20-11-10-14(12-21)18(19)16-4-2-3-5-17(16)20/h2-9,12,14,18H,10-11H2,1H3. The number of nitrogens with zero attached hydrogens (tertiary/aromatic N) is 1. The summed E-state index contributed by atoms with van der Waals surface area (Å²) in [6.45, 7) is 2.13. The van der Waals surface area contributed by atoms with Crippen molar-refractivity contribution in [3.8, 4) is 0 Å². The molecule has 2 atom stereocenters. The molecule has 2 unspecified atom stereocenters. The number of para-hydroxylation sites is 1. The second-order valence-electron chi connectivity index (χ2n) is 5.94. The van der Waals surface area contributed by atoms with Crippen LogP contribution >= 0.6 is 11.6 Å². The van der Waals surface area contributed by atoms with Crippen LogP contribution in [0.15, 0.2) is 53.4 Å². The van der Waals surface area contributed by atoms with Gasteiger partial charge in [0.1, 0.15) is 6.29 Å². The number of sulfonamides is 1. The van der Waals surface area contributed by atoms with Crippen molar-refractivity contribution in [3.63, 3.8) is 0 Å². The number of anilines is 1. The maximum Gasteiger partial charge on any atom is 0.264 e. The number of hydrogen-bond donors (Lipinski definition) is 0. The molecule has 1 aliphatic rings. The Bertz CT molecular complexity index is 849. The first kappa shape index (κ1) is 17.0. The molecule has 0 bridgehead atoms. The SMILES string of the molecule is Cc1ccc(S(=O)(=O)N2CCC(C=O)C(Cl)c3ccccc32)cc1. The van der Waals surface area contributed by atoms with Gasteiger partial charge in [-0.2, -0.15) is 0 Å². The van der Waals surface area contributed by atoms with E-state index >= 15 is 0 Å². The molecule has 1 heterocycles. The molecule has 1 aliphatic heterocycles. The summed E-state index contributed by atoms with van der Waals surface area (Å²) in [7, 11) is -3.71. The van der Waals surface area contributed by atoms with Crippen LogP contribution in [0, 0.1) is 12.8 Å². The van der Waals surface area contributed by atoms with Crippen LogP contribution in [-0.2, 0) is 14.8 Å². The number of carbonyl (C=O) groups excluding carboxylic acids is 1. The highest BCUT2D eigenvalue weighted by Crippen LogP contribution is 2.41. The predicted molar refractivity (Wildman–Crippen MR) is 94.9 cm³/mol. The molecule has 0 aliphatic carbocycles. The topological polar surface area (TPSA) is 54.5 Å². The van der Waals surface area contributed by atoms with E-state index in [9.17, 15) is 13.2 Å². The minimum atomic E-state index is -3.71. The Labute approximate surface area is 147 Å². The fourth-order valence-electron chi connectivity index (χ4n) is 2.94. The fourth-order valence-corrected chi connectivity index (χ4v) is 4.81. The van der Waals surface area contributed by atoms with Crippen molar-refractivity contribution < 1.29 is 13.2 Å². The minimum Gasteiger partial charge on any atom is -0.303 e. The van der Waals surface area contributed by atoms with Crippen LogP contribution in [0.25, 0.3) is 0 Å². The van der Waals surface area contributed by atoms with Crippen molar-refractivity contribution in [1.29, 1.82) is 0 Å². The summed E-state index contributed by atoms with van der Waals surface area (Å²) in [4.78, 5) is 11.6. The smallest absolute Gasteiger partial charge is 0.264 e. The van der Waals surface area contributed by atoms with Crippen molar-refractivity contribution in [2.45, 2.75) is 23.6 Å².